The second-order valence-corrected chi connectivity index (χ2v) is 7.45. The molecule has 0 heterocycles. The zero-order chi connectivity index (χ0) is 16.8. The molecule has 0 saturated heterocycles. The van der Waals surface area contributed by atoms with Gasteiger partial charge in [0.2, 0.25) is 5.91 Å². The van der Waals surface area contributed by atoms with Crippen molar-refractivity contribution >= 4 is 5.91 Å². The van der Waals surface area contributed by atoms with Crippen LogP contribution in [0.3, 0.4) is 0 Å². The van der Waals surface area contributed by atoms with E-state index in [1.807, 2.05) is 12.1 Å². The van der Waals surface area contributed by atoms with Crippen LogP contribution >= 0.6 is 0 Å². The van der Waals surface area contributed by atoms with E-state index in [1.54, 1.807) is 0 Å². The Morgan fingerprint density at radius 1 is 1.26 bits per heavy atom. The molecule has 1 saturated carbocycles. The molecule has 0 bridgehead atoms. The third-order valence-electron chi connectivity index (χ3n) is 5.39. The number of hydrogen-bond acceptors (Lipinski definition) is 2. The van der Waals surface area contributed by atoms with E-state index in [4.69, 9.17) is 5.73 Å². The SMILES string of the molecule is CC(C)[C@H]1CC[C@H](C)C[C@H]1C(=O)NCCc1ccccc1CN. The Kier molecular flexibility index (Phi) is 6.64. The minimum absolute atomic E-state index is 0.184. The van der Waals surface area contributed by atoms with Gasteiger partial charge in [-0.25, -0.2) is 0 Å². The van der Waals surface area contributed by atoms with E-state index in [9.17, 15) is 4.79 Å². The summed E-state index contributed by atoms with van der Waals surface area (Å²) in [6.45, 7) is 8.02. The predicted octanol–water partition coefficient (Wildman–Crippen LogP) is 3.51. The fourth-order valence-corrected chi connectivity index (χ4v) is 3.96. The van der Waals surface area contributed by atoms with E-state index >= 15 is 0 Å². The number of nitrogens with two attached hydrogens (primary N) is 1. The number of carbonyl (C=O) groups is 1. The largest absolute Gasteiger partial charge is 0.356 e. The number of hydrogen-bond donors (Lipinski definition) is 2. The fraction of sp³-hybridized carbons (Fsp3) is 0.650. The van der Waals surface area contributed by atoms with Crippen LogP contribution in [0.25, 0.3) is 0 Å². The van der Waals surface area contributed by atoms with Gasteiger partial charge in [0.1, 0.15) is 0 Å². The maximum Gasteiger partial charge on any atom is 0.223 e. The molecule has 1 amide bonds. The van der Waals surface area contributed by atoms with Crippen molar-refractivity contribution in [2.24, 2.45) is 29.4 Å². The summed E-state index contributed by atoms with van der Waals surface area (Å²) in [5, 5.41) is 3.18. The number of nitrogens with one attached hydrogen (secondary N) is 1. The van der Waals surface area contributed by atoms with Crippen LogP contribution in [0.4, 0.5) is 0 Å². The predicted molar refractivity (Wildman–Crippen MR) is 95.9 cm³/mol. The molecule has 1 aliphatic carbocycles. The van der Waals surface area contributed by atoms with Crippen molar-refractivity contribution < 1.29 is 4.79 Å². The highest BCUT2D eigenvalue weighted by molar-refractivity contribution is 5.79. The quantitative estimate of drug-likeness (QED) is 0.844. The van der Waals surface area contributed by atoms with E-state index in [2.05, 4.69) is 38.2 Å². The summed E-state index contributed by atoms with van der Waals surface area (Å²) in [6, 6.07) is 8.22. The van der Waals surface area contributed by atoms with Gasteiger partial charge in [-0.3, -0.25) is 4.79 Å². The van der Waals surface area contributed by atoms with Gasteiger partial charge in [-0.05, 0) is 48.1 Å². The summed E-state index contributed by atoms with van der Waals surface area (Å²) in [5.74, 6) is 2.21. The van der Waals surface area contributed by atoms with Crippen molar-refractivity contribution in [2.75, 3.05) is 6.54 Å². The van der Waals surface area contributed by atoms with Crippen LogP contribution in [0.5, 0.6) is 0 Å². The van der Waals surface area contributed by atoms with Crippen LogP contribution in [-0.2, 0) is 17.8 Å². The van der Waals surface area contributed by atoms with E-state index < -0.39 is 0 Å². The molecule has 3 N–H and O–H groups in total. The highest BCUT2D eigenvalue weighted by atomic mass is 16.1. The van der Waals surface area contributed by atoms with Crippen molar-refractivity contribution in [1.82, 2.24) is 5.32 Å². The first kappa shape index (κ1) is 18.0. The van der Waals surface area contributed by atoms with Gasteiger partial charge in [-0.2, -0.15) is 0 Å². The number of carbonyl (C=O) groups excluding carboxylic acids is 1. The van der Waals surface area contributed by atoms with Crippen molar-refractivity contribution in [3.05, 3.63) is 35.4 Å². The Morgan fingerprint density at radius 3 is 2.61 bits per heavy atom. The van der Waals surface area contributed by atoms with Gasteiger partial charge in [0.05, 0.1) is 0 Å². The smallest absolute Gasteiger partial charge is 0.223 e. The van der Waals surface area contributed by atoms with Gasteiger partial charge in [0.25, 0.3) is 0 Å². The molecule has 1 fully saturated rings. The second-order valence-electron chi connectivity index (χ2n) is 7.45. The Labute approximate surface area is 141 Å². The summed E-state index contributed by atoms with van der Waals surface area (Å²) < 4.78 is 0. The molecule has 128 valence electrons. The number of amides is 1. The Balaban J connectivity index is 1.90. The monoisotopic (exact) mass is 316 g/mol. The van der Waals surface area contributed by atoms with Crippen LogP contribution in [0.15, 0.2) is 24.3 Å². The van der Waals surface area contributed by atoms with Gasteiger partial charge < -0.3 is 11.1 Å². The molecule has 3 nitrogen and oxygen atoms in total. The highest BCUT2D eigenvalue weighted by Gasteiger charge is 2.35. The van der Waals surface area contributed by atoms with Crippen LogP contribution in [-0.4, -0.2) is 12.5 Å². The van der Waals surface area contributed by atoms with E-state index in [1.165, 1.54) is 24.0 Å². The van der Waals surface area contributed by atoms with Crippen molar-refractivity contribution in [1.29, 1.82) is 0 Å². The van der Waals surface area contributed by atoms with Crippen LogP contribution in [0.1, 0.15) is 51.2 Å². The zero-order valence-electron chi connectivity index (χ0n) is 14.8. The lowest BCUT2D eigenvalue weighted by atomic mass is 9.70. The molecular weight excluding hydrogens is 284 g/mol. The lowest BCUT2D eigenvalue weighted by molar-refractivity contribution is -0.129. The van der Waals surface area contributed by atoms with E-state index in [0.717, 1.165) is 12.8 Å². The Morgan fingerprint density at radius 2 is 1.96 bits per heavy atom. The lowest BCUT2D eigenvalue weighted by Crippen LogP contribution is -2.40. The molecule has 0 spiro atoms. The second kappa shape index (κ2) is 8.49. The number of rotatable bonds is 6. The Bertz CT molecular complexity index is 512. The molecule has 0 radical (unpaired) electrons. The third-order valence-corrected chi connectivity index (χ3v) is 5.39. The lowest BCUT2D eigenvalue weighted by Gasteiger charge is -2.36. The van der Waals surface area contributed by atoms with Crippen molar-refractivity contribution in [2.45, 2.75) is 53.0 Å². The van der Waals surface area contributed by atoms with Gasteiger partial charge in [-0.15, -0.1) is 0 Å². The van der Waals surface area contributed by atoms with Crippen LogP contribution < -0.4 is 11.1 Å². The fourth-order valence-electron chi connectivity index (χ4n) is 3.96. The van der Waals surface area contributed by atoms with Crippen LogP contribution in [0.2, 0.25) is 0 Å². The Hall–Kier alpha value is -1.35. The minimum atomic E-state index is 0.184. The summed E-state index contributed by atoms with van der Waals surface area (Å²) in [7, 11) is 0. The molecule has 0 unspecified atom stereocenters. The molecule has 1 aromatic carbocycles. The molecule has 0 aromatic heterocycles. The van der Waals surface area contributed by atoms with Crippen molar-refractivity contribution in [3.63, 3.8) is 0 Å². The molecule has 23 heavy (non-hydrogen) atoms. The normalized spacial score (nSPS) is 24.7. The van der Waals surface area contributed by atoms with Crippen molar-refractivity contribution in [3.8, 4) is 0 Å². The van der Waals surface area contributed by atoms with Gasteiger partial charge in [0.15, 0.2) is 0 Å². The molecular formula is C20H32N2O. The molecule has 3 atom stereocenters. The third kappa shape index (κ3) is 4.81. The molecule has 2 rings (SSSR count). The first-order chi connectivity index (χ1) is 11.0. The maximum atomic E-state index is 12.7. The molecule has 3 heteroatoms. The zero-order valence-corrected chi connectivity index (χ0v) is 14.8. The topological polar surface area (TPSA) is 55.1 Å². The number of benzene rings is 1. The molecule has 0 aliphatic heterocycles. The molecule has 1 aromatic rings. The van der Waals surface area contributed by atoms with Crippen LogP contribution in [0, 0.1) is 23.7 Å². The van der Waals surface area contributed by atoms with Gasteiger partial charge in [-0.1, -0.05) is 51.5 Å². The summed E-state index contributed by atoms with van der Waals surface area (Å²) in [5.41, 5.74) is 8.20. The van der Waals surface area contributed by atoms with Gasteiger partial charge in [0, 0.05) is 19.0 Å². The summed E-state index contributed by atoms with van der Waals surface area (Å²) in [6.07, 6.45) is 4.34. The van der Waals surface area contributed by atoms with E-state index in [0.29, 0.717) is 30.8 Å². The highest BCUT2D eigenvalue weighted by Crippen LogP contribution is 2.38. The molecule has 1 aliphatic rings. The summed E-state index contributed by atoms with van der Waals surface area (Å²) in [4.78, 5) is 12.7. The average Bonchev–Trinajstić information content (AvgIpc) is 2.54. The standard InChI is InChI=1S/C20H32N2O/c1-14(2)18-9-8-15(3)12-19(18)20(23)22-11-10-16-6-4-5-7-17(16)13-21/h4-7,14-15,18-19H,8-13,21H2,1-3H3,(H,22,23)/t15-,18+,19+/m0/s1. The van der Waals surface area contributed by atoms with Gasteiger partial charge >= 0.3 is 0 Å². The summed E-state index contributed by atoms with van der Waals surface area (Å²) >= 11 is 0. The average molecular weight is 316 g/mol. The first-order valence-corrected chi connectivity index (χ1v) is 9.07. The minimum Gasteiger partial charge on any atom is -0.356 e. The van der Waals surface area contributed by atoms with E-state index in [-0.39, 0.29) is 11.8 Å². The maximum absolute atomic E-state index is 12.7. The first-order valence-electron chi connectivity index (χ1n) is 9.07.